The molecule has 1 N–H and O–H groups in total. The molecule has 0 saturated carbocycles. The van der Waals surface area contributed by atoms with Crippen molar-refractivity contribution in [2.24, 2.45) is 0 Å². The van der Waals surface area contributed by atoms with Crippen molar-refractivity contribution in [3.8, 4) is 0 Å². The average Bonchev–Trinajstić information content (AvgIpc) is 3.27. The van der Waals surface area contributed by atoms with Gasteiger partial charge in [0.1, 0.15) is 11.5 Å². The maximum atomic E-state index is 12.4. The van der Waals surface area contributed by atoms with Crippen molar-refractivity contribution in [3.63, 3.8) is 0 Å². The van der Waals surface area contributed by atoms with Gasteiger partial charge in [-0.1, -0.05) is 60.7 Å². The third-order valence-electron chi connectivity index (χ3n) is 4.82. The lowest BCUT2D eigenvalue weighted by Crippen LogP contribution is -2.06. The van der Waals surface area contributed by atoms with Crippen molar-refractivity contribution in [1.29, 1.82) is 0 Å². The second-order valence-corrected chi connectivity index (χ2v) is 6.97. The number of carbonyl (C=O) groups excluding carboxylic acids is 2. The van der Waals surface area contributed by atoms with Crippen LogP contribution in [0.1, 0.15) is 22.3 Å². The molecule has 1 heterocycles. The van der Waals surface area contributed by atoms with E-state index in [4.69, 9.17) is 9.47 Å². The number of fused-ring (bicyclic) bond motifs is 1. The van der Waals surface area contributed by atoms with Crippen LogP contribution in [0.15, 0.2) is 108 Å². The summed E-state index contributed by atoms with van der Waals surface area (Å²) >= 11 is 0. The zero-order valence-corrected chi connectivity index (χ0v) is 16.2. The molecule has 0 aromatic heterocycles. The zero-order chi connectivity index (χ0) is 20.9. The Morgan fingerprint density at radius 1 is 1.03 bits per heavy atom. The normalized spacial score (nSPS) is 16.2. The van der Waals surface area contributed by atoms with E-state index in [1.54, 1.807) is 36.4 Å². The fourth-order valence-corrected chi connectivity index (χ4v) is 3.28. The predicted molar refractivity (Wildman–Crippen MR) is 111 cm³/mol. The minimum Gasteiger partial charge on any atom is -0.423 e. The molecule has 1 aliphatic heterocycles. The van der Waals surface area contributed by atoms with Gasteiger partial charge in [-0.05, 0) is 30.5 Å². The molecule has 2 aliphatic rings. The van der Waals surface area contributed by atoms with Gasteiger partial charge in [-0.25, -0.2) is 9.59 Å². The molecule has 0 bridgehead atoms. The molecule has 0 unspecified atom stereocenters. The lowest BCUT2D eigenvalue weighted by atomic mass is 10.0. The van der Waals surface area contributed by atoms with Gasteiger partial charge in [0.15, 0.2) is 0 Å². The summed E-state index contributed by atoms with van der Waals surface area (Å²) in [7, 11) is 0. The molecule has 2 aromatic carbocycles. The van der Waals surface area contributed by atoms with Crippen molar-refractivity contribution in [2.75, 3.05) is 0 Å². The highest BCUT2D eigenvalue weighted by molar-refractivity contribution is 5.93. The summed E-state index contributed by atoms with van der Waals surface area (Å²) in [6, 6.07) is 18.5. The van der Waals surface area contributed by atoms with Crippen LogP contribution in [0.4, 0.5) is 0 Å². The third kappa shape index (κ3) is 4.47. The predicted octanol–water partition coefficient (Wildman–Crippen LogP) is 4.03. The lowest BCUT2D eigenvalue weighted by Gasteiger charge is -2.08. The minimum atomic E-state index is -0.688. The van der Waals surface area contributed by atoms with Gasteiger partial charge in [-0.2, -0.15) is 0 Å². The van der Waals surface area contributed by atoms with E-state index in [9.17, 15) is 14.7 Å². The van der Waals surface area contributed by atoms with Crippen LogP contribution >= 0.6 is 0 Å². The first-order chi connectivity index (χ1) is 14.6. The molecule has 150 valence electrons. The Balaban J connectivity index is 1.50. The van der Waals surface area contributed by atoms with E-state index >= 15 is 0 Å². The molecule has 0 radical (unpaired) electrons. The lowest BCUT2D eigenvalue weighted by molar-refractivity contribution is -0.132. The second kappa shape index (κ2) is 8.76. The van der Waals surface area contributed by atoms with Crippen molar-refractivity contribution in [2.45, 2.75) is 18.9 Å². The van der Waals surface area contributed by atoms with Crippen LogP contribution in [-0.4, -0.2) is 23.1 Å². The number of aryl methyl sites for hydroxylation is 1. The molecule has 0 spiro atoms. The number of aliphatic hydroxyl groups excluding tert-OH is 1. The molecule has 5 heteroatoms. The Hall–Kier alpha value is -3.70. The van der Waals surface area contributed by atoms with E-state index in [0.29, 0.717) is 28.9 Å². The van der Waals surface area contributed by atoms with E-state index < -0.39 is 18.0 Å². The van der Waals surface area contributed by atoms with Crippen LogP contribution in [0.5, 0.6) is 0 Å². The van der Waals surface area contributed by atoms with Crippen molar-refractivity contribution >= 4 is 11.9 Å². The molecule has 1 aliphatic carbocycles. The molecule has 5 nitrogen and oxygen atoms in total. The standard InChI is InChI=1S/C25H20O5/c26-19(12-11-17-7-3-1-4-8-17)13-14-20-21-15-24(27)29-23(21)16-22(20)30-25(28)18-9-5-2-6-10-18/h1-10,13-16,19,26H,11-12H2/b14-13+/t19-/m0/s1. The highest BCUT2D eigenvalue weighted by atomic mass is 16.6. The van der Waals surface area contributed by atoms with E-state index in [-0.39, 0.29) is 5.76 Å². The van der Waals surface area contributed by atoms with Gasteiger partial charge in [0.05, 0.1) is 11.7 Å². The molecule has 30 heavy (non-hydrogen) atoms. The summed E-state index contributed by atoms with van der Waals surface area (Å²) in [4.78, 5) is 24.0. The number of esters is 2. The van der Waals surface area contributed by atoms with Crippen LogP contribution in [-0.2, 0) is 20.7 Å². The fraction of sp³-hybridized carbons (Fsp3) is 0.120. The summed E-state index contributed by atoms with van der Waals surface area (Å²) in [6.45, 7) is 0. The van der Waals surface area contributed by atoms with Gasteiger partial charge in [0.25, 0.3) is 0 Å². The molecule has 4 rings (SSSR count). The quantitative estimate of drug-likeness (QED) is 0.711. The SMILES string of the molecule is O=C1C=C2C(=CC(OC(=O)c3ccccc3)=C2/C=C/[C@@H](O)CCc2ccccc2)O1. The Morgan fingerprint density at radius 2 is 1.73 bits per heavy atom. The Kier molecular flexibility index (Phi) is 5.72. The summed E-state index contributed by atoms with van der Waals surface area (Å²) in [5, 5.41) is 10.4. The minimum absolute atomic E-state index is 0.282. The number of carbonyl (C=O) groups is 2. The number of aliphatic hydroxyl groups is 1. The van der Waals surface area contributed by atoms with Crippen LogP contribution in [0.2, 0.25) is 0 Å². The van der Waals surface area contributed by atoms with Gasteiger partial charge in [0.2, 0.25) is 0 Å². The highest BCUT2D eigenvalue weighted by Crippen LogP contribution is 2.37. The second-order valence-electron chi connectivity index (χ2n) is 6.97. The van der Waals surface area contributed by atoms with Crippen LogP contribution < -0.4 is 0 Å². The highest BCUT2D eigenvalue weighted by Gasteiger charge is 2.31. The van der Waals surface area contributed by atoms with Gasteiger partial charge in [-0.3, -0.25) is 0 Å². The van der Waals surface area contributed by atoms with Crippen LogP contribution in [0, 0.1) is 0 Å². The largest absolute Gasteiger partial charge is 0.423 e. The van der Waals surface area contributed by atoms with E-state index in [1.807, 2.05) is 36.4 Å². The number of hydrogen-bond donors (Lipinski definition) is 1. The zero-order valence-electron chi connectivity index (χ0n) is 16.2. The van der Waals surface area contributed by atoms with Gasteiger partial charge >= 0.3 is 11.9 Å². The molecule has 1 atom stereocenters. The van der Waals surface area contributed by atoms with Crippen molar-refractivity contribution in [3.05, 3.63) is 119 Å². The average molecular weight is 400 g/mol. The number of allylic oxidation sites excluding steroid dienone is 3. The molecule has 0 amide bonds. The number of rotatable bonds is 7. The number of benzene rings is 2. The number of hydrogen-bond acceptors (Lipinski definition) is 5. The number of ether oxygens (including phenoxy) is 2. The fourth-order valence-electron chi connectivity index (χ4n) is 3.28. The molecule has 2 aromatic rings. The molecular weight excluding hydrogens is 380 g/mol. The smallest absolute Gasteiger partial charge is 0.343 e. The van der Waals surface area contributed by atoms with Crippen LogP contribution in [0.3, 0.4) is 0 Å². The summed E-state index contributed by atoms with van der Waals surface area (Å²) in [6.07, 6.45) is 6.76. The monoisotopic (exact) mass is 400 g/mol. The summed E-state index contributed by atoms with van der Waals surface area (Å²) in [5.41, 5.74) is 2.63. The van der Waals surface area contributed by atoms with Crippen molar-refractivity contribution < 1.29 is 24.2 Å². The Labute approximate surface area is 174 Å². The van der Waals surface area contributed by atoms with E-state index in [1.165, 1.54) is 12.2 Å². The van der Waals surface area contributed by atoms with E-state index in [2.05, 4.69) is 0 Å². The van der Waals surface area contributed by atoms with Crippen LogP contribution in [0.25, 0.3) is 0 Å². The van der Waals surface area contributed by atoms with Gasteiger partial charge in [-0.15, -0.1) is 0 Å². The summed E-state index contributed by atoms with van der Waals surface area (Å²) < 4.78 is 10.7. The van der Waals surface area contributed by atoms with E-state index in [0.717, 1.165) is 12.0 Å². The summed E-state index contributed by atoms with van der Waals surface area (Å²) in [5.74, 6) is -0.358. The maximum Gasteiger partial charge on any atom is 0.343 e. The molecular formula is C25H20O5. The molecule has 0 fully saturated rings. The first kappa shape index (κ1) is 19.6. The van der Waals surface area contributed by atoms with Gasteiger partial charge < -0.3 is 14.6 Å². The first-order valence-corrected chi connectivity index (χ1v) is 9.68. The van der Waals surface area contributed by atoms with Crippen molar-refractivity contribution in [1.82, 2.24) is 0 Å². The topological polar surface area (TPSA) is 72.8 Å². The Bertz CT molecular complexity index is 1080. The first-order valence-electron chi connectivity index (χ1n) is 9.68. The maximum absolute atomic E-state index is 12.4. The Morgan fingerprint density at radius 3 is 2.47 bits per heavy atom. The third-order valence-corrected chi connectivity index (χ3v) is 4.82. The molecule has 0 saturated heterocycles. The van der Waals surface area contributed by atoms with Gasteiger partial charge in [0, 0.05) is 23.3 Å².